The van der Waals surface area contributed by atoms with Gasteiger partial charge in [-0.05, 0) is 24.0 Å². The summed E-state index contributed by atoms with van der Waals surface area (Å²) < 4.78 is 0. The predicted octanol–water partition coefficient (Wildman–Crippen LogP) is 2.83. The van der Waals surface area contributed by atoms with Crippen LogP contribution in [-0.4, -0.2) is 16.7 Å². The van der Waals surface area contributed by atoms with Gasteiger partial charge in [0.15, 0.2) is 5.15 Å². The molecule has 1 unspecified atom stereocenters. The minimum atomic E-state index is 0.424. The van der Waals surface area contributed by atoms with Crippen molar-refractivity contribution in [3.8, 4) is 0 Å². The van der Waals surface area contributed by atoms with Crippen LogP contribution in [0.5, 0.6) is 0 Å². The zero-order valence-corrected chi connectivity index (χ0v) is 9.54. The molecule has 0 saturated heterocycles. The molecule has 14 heavy (non-hydrogen) atoms. The molecule has 0 spiro atoms. The van der Waals surface area contributed by atoms with Crippen molar-refractivity contribution >= 4 is 17.4 Å². The Balaban J connectivity index is 2.42. The van der Waals surface area contributed by atoms with Crippen molar-refractivity contribution < 1.29 is 0 Å². The van der Waals surface area contributed by atoms with Crippen LogP contribution in [-0.2, 0) is 0 Å². The molecule has 0 aliphatic heterocycles. The van der Waals surface area contributed by atoms with Crippen molar-refractivity contribution in [2.45, 2.75) is 20.8 Å². The second-order valence-corrected chi connectivity index (χ2v) is 4.23. The molecule has 0 radical (unpaired) electrons. The van der Waals surface area contributed by atoms with E-state index < -0.39 is 0 Å². The Hall–Kier alpha value is -0.830. The predicted molar refractivity (Wildman–Crippen MR) is 59.5 cm³/mol. The van der Waals surface area contributed by atoms with Crippen molar-refractivity contribution in [3.63, 3.8) is 0 Å². The van der Waals surface area contributed by atoms with E-state index in [-0.39, 0.29) is 0 Å². The minimum Gasteiger partial charge on any atom is -0.368 e. The maximum Gasteiger partial charge on any atom is 0.151 e. The third-order valence-electron chi connectivity index (χ3n) is 2.38. The average Bonchev–Trinajstić information content (AvgIpc) is 2.16. The van der Waals surface area contributed by atoms with Crippen molar-refractivity contribution in [2.24, 2.45) is 11.8 Å². The van der Waals surface area contributed by atoms with Gasteiger partial charge < -0.3 is 5.32 Å². The van der Waals surface area contributed by atoms with Crippen LogP contribution in [0.15, 0.2) is 12.1 Å². The molecule has 1 heterocycles. The van der Waals surface area contributed by atoms with Crippen LogP contribution in [0.1, 0.15) is 20.8 Å². The van der Waals surface area contributed by atoms with Gasteiger partial charge in [-0.3, -0.25) is 0 Å². The molecule has 4 heteroatoms. The summed E-state index contributed by atoms with van der Waals surface area (Å²) in [7, 11) is 0. The lowest BCUT2D eigenvalue weighted by Crippen LogP contribution is -2.16. The molecule has 0 bridgehead atoms. The van der Waals surface area contributed by atoms with Crippen molar-refractivity contribution in [2.75, 3.05) is 11.9 Å². The summed E-state index contributed by atoms with van der Waals surface area (Å²) in [6.07, 6.45) is 0. The highest BCUT2D eigenvalue weighted by Gasteiger charge is 2.06. The zero-order chi connectivity index (χ0) is 10.6. The number of hydrogen-bond acceptors (Lipinski definition) is 3. The Morgan fingerprint density at radius 3 is 2.50 bits per heavy atom. The quantitative estimate of drug-likeness (QED) is 0.836. The van der Waals surface area contributed by atoms with E-state index in [1.807, 2.05) is 6.07 Å². The van der Waals surface area contributed by atoms with Gasteiger partial charge in [0.1, 0.15) is 5.82 Å². The van der Waals surface area contributed by atoms with Gasteiger partial charge in [0, 0.05) is 6.54 Å². The Kier molecular flexibility index (Phi) is 4.14. The smallest absolute Gasteiger partial charge is 0.151 e. The summed E-state index contributed by atoms with van der Waals surface area (Å²) >= 11 is 5.62. The van der Waals surface area contributed by atoms with E-state index in [0.29, 0.717) is 17.0 Å². The molecular formula is C10H16ClN3. The van der Waals surface area contributed by atoms with Gasteiger partial charge in [-0.25, -0.2) is 0 Å². The van der Waals surface area contributed by atoms with E-state index in [9.17, 15) is 0 Å². The summed E-state index contributed by atoms with van der Waals surface area (Å²) in [6.45, 7) is 7.54. The van der Waals surface area contributed by atoms with Crippen molar-refractivity contribution in [1.82, 2.24) is 10.2 Å². The molecule has 0 amide bonds. The molecule has 1 aromatic rings. The van der Waals surface area contributed by atoms with E-state index in [1.54, 1.807) is 6.07 Å². The Labute approximate surface area is 89.9 Å². The molecule has 0 aliphatic carbocycles. The van der Waals surface area contributed by atoms with Crippen LogP contribution in [0.3, 0.4) is 0 Å². The number of nitrogens with one attached hydrogen (secondary N) is 1. The van der Waals surface area contributed by atoms with Gasteiger partial charge in [-0.1, -0.05) is 32.4 Å². The zero-order valence-electron chi connectivity index (χ0n) is 8.79. The number of rotatable bonds is 4. The fraction of sp³-hybridized carbons (Fsp3) is 0.600. The minimum absolute atomic E-state index is 0.424. The second kappa shape index (κ2) is 5.15. The largest absolute Gasteiger partial charge is 0.368 e. The maximum absolute atomic E-state index is 5.62. The van der Waals surface area contributed by atoms with Crippen molar-refractivity contribution in [1.29, 1.82) is 0 Å². The van der Waals surface area contributed by atoms with E-state index in [4.69, 9.17) is 11.6 Å². The molecule has 1 atom stereocenters. The van der Waals surface area contributed by atoms with Crippen molar-refractivity contribution in [3.05, 3.63) is 17.3 Å². The topological polar surface area (TPSA) is 37.8 Å². The van der Waals surface area contributed by atoms with Gasteiger partial charge in [-0.2, -0.15) is 0 Å². The fourth-order valence-corrected chi connectivity index (χ4v) is 1.01. The molecule has 1 N–H and O–H groups in total. The third-order valence-corrected chi connectivity index (χ3v) is 2.58. The fourth-order valence-electron chi connectivity index (χ4n) is 0.912. The number of hydrogen-bond donors (Lipinski definition) is 1. The van der Waals surface area contributed by atoms with E-state index in [0.717, 1.165) is 12.4 Å². The molecule has 0 fully saturated rings. The summed E-state index contributed by atoms with van der Waals surface area (Å²) in [5.41, 5.74) is 0. The number of halogens is 1. The summed E-state index contributed by atoms with van der Waals surface area (Å²) in [4.78, 5) is 0. The lowest BCUT2D eigenvalue weighted by molar-refractivity contribution is 0.439. The summed E-state index contributed by atoms with van der Waals surface area (Å²) in [5.74, 6) is 2.07. The van der Waals surface area contributed by atoms with Crippen LogP contribution in [0, 0.1) is 11.8 Å². The Bertz CT molecular complexity index is 271. The first-order valence-electron chi connectivity index (χ1n) is 4.82. The molecule has 0 aromatic carbocycles. The molecule has 3 nitrogen and oxygen atoms in total. The number of anilines is 1. The highest BCUT2D eigenvalue weighted by molar-refractivity contribution is 6.29. The highest BCUT2D eigenvalue weighted by atomic mass is 35.5. The lowest BCUT2D eigenvalue weighted by Gasteiger charge is -2.15. The number of nitrogens with zero attached hydrogens (tertiary/aromatic N) is 2. The first-order valence-corrected chi connectivity index (χ1v) is 5.20. The summed E-state index contributed by atoms with van der Waals surface area (Å²) in [6, 6.07) is 3.57. The van der Waals surface area contributed by atoms with Gasteiger partial charge in [0.2, 0.25) is 0 Å². The average molecular weight is 214 g/mol. The molecule has 1 rings (SSSR count). The Morgan fingerprint density at radius 2 is 2.00 bits per heavy atom. The van der Waals surface area contributed by atoms with Gasteiger partial charge in [-0.15, -0.1) is 10.2 Å². The second-order valence-electron chi connectivity index (χ2n) is 3.84. The number of aromatic nitrogens is 2. The van der Waals surface area contributed by atoms with E-state index >= 15 is 0 Å². The summed E-state index contributed by atoms with van der Waals surface area (Å²) in [5, 5.41) is 11.3. The standard InChI is InChI=1S/C10H16ClN3/c1-7(2)8(3)6-12-10-5-4-9(11)13-14-10/h4-5,7-8H,6H2,1-3H3,(H,12,14). The molecule has 0 aliphatic rings. The van der Waals surface area contributed by atoms with Gasteiger partial charge in [0.05, 0.1) is 0 Å². The first kappa shape index (κ1) is 11.2. The van der Waals surface area contributed by atoms with Crippen LogP contribution >= 0.6 is 11.6 Å². The van der Waals surface area contributed by atoms with Crippen LogP contribution in [0.25, 0.3) is 0 Å². The molecule has 0 saturated carbocycles. The highest BCUT2D eigenvalue weighted by Crippen LogP contribution is 2.11. The maximum atomic E-state index is 5.62. The first-order chi connectivity index (χ1) is 6.59. The monoisotopic (exact) mass is 213 g/mol. The molecule has 1 aromatic heterocycles. The molecular weight excluding hydrogens is 198 g/mol. The Morgan fingerprint density at radius 1 is 1.29 bits per heavy atom. The van der Waals surface area contributed by atoms with Crippen LogP contribution < -0.4 is 5.32 Å². The van der Waals surface area contributed by atoms with Crippen LogP contribution in [0.2, 0.25) is 5.15 Å². The van der Waals surface area contributed by atoms with Gasteiger partial charge in [0.25, 0.3) is 0 Å². The van der Waals surface area contributed by atoms with E-state index in [1.165, 1.54) is 0 Å². The SMILES string of the molecule is CC(C)C(C)CNc1ccc(Cl)nn1. The van der Waals surface area contributed by atoms with Crippen LogP contribution in [0.4, 0.5) is 5.82 Å². The third kappa shape index (κ3) is 3.50. The lowest BCUT2D eigenvalue weighted by atomic mass is 9.98. The van der Waals surface area contributed by atoms with Gasteiger partial charge >= 0.3 is 0 Å². The normalized spacial score (nSPS) is 12.9. The molecule has 78 valence electrons. The van der Waals surface area contributed by atoms with E-state index in [2.05, 4.69) is 36.3 Å².